The fourth-order valence-corrected chi connectivity index (χ4v) is 2.60. The Hall–Kier alpha value is -3.21. The fourth-order valence-electron chi connectivity index (χ4n) is 2.60. The van der Waals surface area contributed by atoms with Crippen LogP contribution in [-0.2, 0) is 6.61 Å². The number of benzene rings is 2. The molecule has 3 aromatic rings. The Balaban J connectivity index is 1.72. The molecule has 0 saturated carbocycles. The first-order valence-corrected chi connectivity index (χ1v) is 8.31. The number of ether oxygens (including phenoxy) is 1. The van der Waals surface area contributed by atoms with Gasteiger partial charge in [-0.05, 0) is 42.8 Å². The maximum absolute atomic E-state index is 13.9. The third kappa shape index (κ3) is 4.25. The van der Waals surface area contributed by atoms with Crippen LogP contribution in [0.2, 0.25) is 0 Å². The van der Waals surface area contributed by atoms with Gasteiger partial charge in [0.2, 0.25) is 0 Å². The summed E-state index contributed by atoms with van der Waals surface area (Å²) in [7, 11) is 0. The number of carbonyl (C=O) groups excluding carboxylic acids is 1. The van der Waals surface area contributed by atoms with Crippen LogP contribution in [0.1, 0.15) is 34.5 Å². The summed E-state index contributed by atoms with van der Waals surface area (Å²) in [6.45, 7) is 2.08. The molecule has 0 unspecified atom stereocenters. The van der Waals surface area contributed by atoms with Gasteiger partial charge in [-0.15, -0.1) is 0 Å². The van der Waals surface area contributed by atoms with Crippen molar-refractivity contribution in [1.29, 1.82) is 0 Å². The van der Waals surface area contributed by atoms with Crippen molar-refractivity contribution in [3.63, 3.8) is 0 Å². The van der Waals surface area contributed by atoms with Crippen molar-refractivity contribution in [2.24, 2.45) is 0 Å². The molecule has 0 aliphatic rings. The smallest absolute Gasteiger partial charge is 0.255 e. The molecule has 0 aliphatic heterocycles. The Kier molecular flexibility index (Phi) is 5.59. The standard InChI is InChI=1S/C21H19FN2O2/c1-15(17-6-2-4-8-19(17)22)24-21(25)18-7-3-5-9-20(18)26-14-16-10-12-23-13-11-16/h2-13,15H,14H2,1H3,(H,24,25)/t15-/m0/s1. The molecule has 0 radical (unpaired) electrons. The highest BCUT2D eigenvalue weighted by molar-refractivity contribution is 5.97. The molecule has 3 rings (SSSR count). The molecule has 132 valence electrons. The van der Waals surface area contributed by atoms with Gasteiger partial charge in [-0.2, -0.15) is 0 Å². The van der Waals surface area contributed by atoms with E-state index in [-0.39, 0.29) is 11.7 Å². The summed E-state index contributed by atoms with van der Waals surface area (Å²) in [5, 5.41) is 2.82. The van der Waals surface area contributed by atoms with E-state index in [0.29, 0.717) is 23.5 Å². The van der Waals surface area contributed by atoms with Crippen molar-refractivity contribution < 1.29 is 13.9 Å². The van der Waals surface area contributed by atoms with Crippen LogP contribution in [0.15, 0.2) is 73.1 Å². The van der Waals surface area contributed by atoms with Crippen molar-refractivity contribution in [3.05, 3.63) is 95.6 Å². The summed E-state index contributed by atoms with van der Waals surface area (Å²) in [5.41, 5.74) is 1.80. The zero-order valence-corrected chi connectivity index (χ0v) is 14.4. The van der Waals surface area contributed by atoms with E-state index in [4.69, 9.17) is 4.74 Å². The Morgan fingerprint density at radius 2 is 1.77 bits per heavy atom. The van der Waals surface area contributed by atoms with Gasteiger partial charge >= 0.3 is 0 Å². The zero-order chi connectivity index (χ0) is 18.4. The minimum absolute atomic E-state index is 0.314. The highest BCUT2D eigenvalue weighted by atomic mass is 19.1. The number of rotatable bonds is 6. The van der Waals surface area contributed by atoms with E-state index in [1.54, 1.807) is 61.8 Å². The molecule has 0 bridgehead atoms. The molecular formula is C21H19FN2O2. The van der Waals surface area contributed by atoms with Crippen LogP contribution >= 0.6 is 0 Å². The van der Waals surface area contributed by atoms with E-state index in [1.165, 1.54) is 6.07 Å². The van der Waals surface area contributed by atoms with Crippen molar-refractivity contribution >= 4 is 5.91 Å². The second-order valence-corrected chi connectivity index (χ2v) is 5.86. The van der Waals surface area contributed by atoms with Gasteiger partial charge in [-0.25, -0.2) is 4.39 Å². The van der Waals surface area contributed by atoms with Crippen molar-refractivity contribution in [2.75, 3.05) is 0 Å². The normalized spacial score (nSPS) is 11.6. The molecule has 1 N–H and O–H groups in total. The number of aromatic nitrogens is 1. The van der Waals surface area contributed by atoms with Gasteiger partial charge < -0.3 is 10.1 Å². The summed E-state index contributed by atoms with van der Waals surface area (Å²) < 4.78 is 19.7. The molecule has 4 nitrogen and oxygen atoms in total. The lowest BCUT2D eigenvalue weighted by molar-refractivity contribution is 0.0935. The van der Waals surface area contributed by atoms with Gasteiger partial charge in [-0.3, -0.25) is 9.78 Å². The lowest BCUT2D eigenvalue weighted by Crippen LogP contribution is -2.27. The predicted molar refractivity (Wildman–Crippen MR) is 97.3 cm³/mol. The van der Waals surface area contributed by atoms with Crippen LogP contribution in [-0.4, -0.2) is 10.9 Å². The largest absolute Gasteiger partial charge is 0.488 e. The van der Waals surface area contributed by atoms with E-state index in [9.17, 15) is 9.18 Å². The third-order valence-electron chi connectivity index (χ3n) is 3.99. The van der Waals surface area contributed by atoms with Gasteiger partial charge in [0.1, 0.15) is 18.2 Å². The predicted octanol–water partition coefficient (Wildman–Crippen LogP) is 4.29. The average molecular weight is 350 g/mol. The maximum atomic E-state index is 13.9. The lowest BCUT2D eigenvalue weighted by atomic mass is 10.1. The SMILES string of the molecule is C[C@H](NC(=O)c1ccccc1OCc1ccncc1)c1ccccc1F. The molecule has 0 aliphatic carbocycles. The number of carbonyl (C=O) groups is 1. The monoisotopic (exact) mass is 350 g/mol. The molecule has 2 aromatic carbocycles. The van der Waals surface area contributed by atoms with Gasteiger partial charge in [0.15, 0.2) is 0 Å². The summed E-state index contributed by atoms with van der Waals surface area (Å²) >= 11 is 0. The summed E-state index contributed by atoms with van der Waals surface area (Å²) in [5.74, 6) is -0.184. The molecule has 26 heavy (non-hydrogen) atoms. The van der Waals surface area contributed by atoms with E-state index in [2.05, 4.69) is 10.3 Å². The third-order valence-corrected chi connectivity index (χ3v) is 3.99. The van der Waals surface area contributed by atoms with Gasteiger partial charge in [0.25, 0.3) is 5.91 Å². The topological polar surface area (TPSA) is 51.2 Å². The van der Waals surface area contributed by atoms with E-state index >= 15 is 0 Å². The van der Waals surface area contributed by atoms with Crippen LogP contribution in [0.5, 0.6) is 5.75 Å². The molecule has 1 heterocycles. The molecule has 1 atom stereocenters. The second-order valence-electron chi connectivity index (χ2n) is 5.86. The van der Waals surface area contributed by atoms with Crippen LogP contribution < -0.4 is 10.1 Å². The summed E-state index contributed by atoms with van der Waals surface area (Å²) in [4.78, 5) is 16.6. The first-order chi connectivity index (χ1) is 12.6. The Bertz CT molecular complexity index is 884. The molecule has 1 amide bonds. The minimum Gasteiger partial charge on any atom is -0.488 e. The number of para-hydroxylation sites is 1. The number of nitrogens with zero attached hydrogens (tertiary/aromatic N) is 1. The summed E-state index contributed by atoms with van der Waals surface area (Å²) in [6, 6.07) is 16.6. The Morgan fingerprint density at radius 1 is 1.08 bits per heavy atom. The van der Waals surface area contributed by atoms with Crippen LogP contribution in [0.25, 0.3) is 0 Å². The van der Waals surface area contributed by atoms with E-state index in [1.807, 2.05) is 12.1 Å². The highest BCUT2D eigenvalue weighted by Crippen LogP contribution is 2.22. The first-order valence-electron chi connectivity index (χ1n) is 8.31. The van der Waals surface area contributed by atoms with Crippen LogP contribution in [0.4, 0.5) is 4.39 Å². The number of hydrogen-bond donors (Lipinski definition) is 1. The van der Waals surface area contributed by atoms with Crippen LogP contribution in [0.3, 0.4) is 0 Å². The van der Waals surface area contributed by atoms with Crippen molar-refractivity contribution in [3.8, 4) is 5.75 Å². The van der Waals surface area contributed by atoms with Crippen molar-refractivity contribution in [1.82, 2.24) is 10.3 Å². The molecule has 0 spiro atoms. The van der Waals surface area contributed by atoms with Crippen molar-refractivity contribution in [2.45, 2.75) is 19.6 Å². The lowest BCUT2D eigenvalue weighted by Gasteiger charge is -2.17. The Morgan fingerprint density at radius 3 is 2.54 bits per heavy atom. The fraction of sp³-hybridized carbons (Fsp3) is 0.143. The molecule has 0 saturated heterocycles. The highest BCUT2D eigenvalue weighted by Gasteiger charge is 2.17. The van der Waals surface area contributed by atoms with E-state index < -0.39 is 6.04 Å². The van der Waals surface area contributed by atoms with Gasteiger partial charge in [-0.1, -0.05) is 30.3 Å². The average Bonchev–Trinajstić information content (AvgIpc) is 2.67. The zero-order valence-electron chi connectivity index (χ0n) is 14.4. The quantitative estimate of drug-likeness (QED) is 0.721. The second kappa shape index (κ2) is 8.25. The molecule has 5 heteroatoms. The number of pyridine rings is 1. The van der Waals surface area contributed by atoms with Gasteiger partial charge in [0, 0.05) is 18.0 Å². The molecule has 0 fully saturated rings. The number of nitrogens with one attached hydrogen (secondary N) is 1. The van der Waals surface area contributed by atoms with Crippen LogP contribution in [0, 0.1) is 5.82 Å². The molecule has 1 aromatic heterocycles. The molecular weight excluding hydrogens is 331 g/mol. The summed E-state index contributed by atoms with van der Waals surface area (Å²) in [6.07, 6.45) is 3.38. The van der Waals surface area contributed by atoms with E-state index in [0.717, 1.165) is 5.56 Å². The number of amides is 1. The first kappa shape index (κ1) is 17.6. The Labute approximate surface area is 151 Å². The van der Waals surface area contributed by atoms with Gasteiger partial charge in [0.05, 0.1) is 11.6 Å². The maximum Gasteiger partial charge on any atom is 0.255 e. The number of halogens is 1. The number of hydrogen-bond acceptors (Lipinski definition) is 3. The minimum atomic E-state index is -0.461.